The van der Waals surface area contributed by atoms with Crippen LogP contribution in [0.1, 0.15) is 44.1 Å². The Kier molecular flexibility index (Phi) is 6.06. The number of carbonyl (C=O) groups excluding carboxylic acids is 1. The first-order chi connectivity index (χ1) is 9.78. The predicted octanol–water partition coefficient (Wildman–Crippen LogP) is 3.08. The lowest BCUT2D eigenvalue weighted by Gasteiger charge is -2.28. The monoisotopic (exact) mass is 275 g/mol. The SMILES string of the molecule is COC(=O)CC(Cc1ccccc1)NC1CCCCC1. The Morgan fingerprint density at radius 2 is 1.95 bits per heavy atom. The van der Waals surface area contributed by atoms with Gasteiger partial charge < -0.3 is 10.1 Å². The summed E-state index contributed by atoms with van der Waals surface area (Å²) in [6.07, 6.45) is 7.73. The van der Waals surface area contributed by atoms with Crippen molar-refractivity contribution in [2.45, 2.75) is 57.0 Å². The van der Waals surface area contributed by atoms with Gasteiger partial charge in [0.2, 0.25) is 0 Å². The molecule has 1 aliphatic carbocycles. The lowest BCUT2D eigenvalue weighted by atomic mass is 9.93. The summed E-state index contributed by atoms with van der Waals surface area (Å²) < 4.78 is 4.83. The first kappa shape index (κ1) is 15.0. The summed E-state index contributed by atoms with van der Waals surface area (Å²) in [5.74, 6) is -0.130. The van der Waals surface area contributed by atoms with E-state index < -0.39 is 0 Å². The smallest absolute Gasteiger partial charge is 0.307 e. The lowest BCUT2D eigenvalue weighted by Crippen LogP contribution is -2.42. The van der Waals surface area contributed by atoms with E-state index in [1.807, 2.05) is 18.2 Å². The van der Waals surface area contributed by atoms with Crippen LogP contribution in [0.25, 0.3) is 0 Å². The summed E-state index contributed by atoms with van der Waals surface area (Å²) in [6.45, 7) is 0. The second-order valence-corrected chi connectivity index (χ2v) is 5.67. The fourth-order valence-corrected chi connectivity index (χ4v) is 2.98. The van der Waals surface area contributed by atoms with Crippen LogP contribution in [0.4, 0.5) is 0 Å². The molecule has 1 aromatic rings. The lowest BCUT2D eigenvalue weighted by molar-refractivity contribution is -0.141. The normalized spacial score (nSPS) is 17.6. The number of ether oxygens (including phenoxy) is 1. The molecule has 1 fully saturated rings. The minimum absolute atomic E-state index is 0.130. The van der Waals surface area contributed by atoms with Crippen molar-refractivity contribution in [3.05, 3.63) is 35.9 Å². The maximum Gasteiger partial charge on any atom is 0.307 e. The van der Waals surface area contributed by atoms with Gasteiger partial charge in [0.1, 0.15) is 0 Å². The van der Waals surface area contributed by atoms with E-state index in [2.05, 4.69) is 17.4 Å². The average molecular weight is 275 g/mol. The van der Waals surface area contributed by atoms with Crippen molar-refractivity contribution >= 4 is 5.97 Å². The number of hydrogen-bond donors (Lipinski definition) is 1. The third-order valence-electron chi connectivity index (χ3n) is 4.04. The highest BCUT2D eigenvalue weighted by molar-refractivity contribution is 5.70. The topological polar surface area (TPSA) is 38.3 Å². The summed E-state index contributed by atoms with van der Waals surface area (Å²) >= 11 is 0. The van der Waals surface area contributed by atoms with Gasteiger partial charge in [-0.05, 0) is 24.8 Å². The number of nitrogens with one attached hydrogen (secondary N) is 1. The molecule has 3 nitrogen and oxygen atoms in total. The van der Waals surface area contributed by atoms with E-state index in [1.165, 1.54) is 44.8 Å². The molecule has 0 bridgehead atoms. The molecule has 20 heavy (non-hydrogen) atoms. The summed E-state index contributed by atoms with van der Waals surface area (Å²) in [5, 5.41) is 3.67. The van der Waals surface area contributed by atoms with Crippen LogP contribution in [0.3, 0.4) is 0 Å². The van der Waals surface area contributed by atoms with Crippen LogP contribution in [-0.4, -0.2) is 25.2 Å². The van der Waals surface area contributed by atoms with Crippen LogP contribution < -0.4 is 5.32 Å². The van der Waals surface area contributed by atoms with E-state index in [1.54, 1.807) is 0 Å². The molecule has 0 aromatic heterocycles. The zero-order valence-electron chi connectivity index (χ0n) is 12.3. The minimum atomic E-state index is -0.130. The van der Waals surface area contributed by atoms with E-state index in [0.29, 0.717) is 12.5 Å². The van der Waals surface area contributed by atoms with Crippen molar-refractivity contribution in [3.63, 3.8) is 0 Å². The number of hydrogen-bond acceptors (Lipinski definition) is 3. The second kappa shape index (κ2) is 8.05. The second-order valence-electron chi connectivity index (χ2n) is 5.67. The van der Waals surface area contributed by atoms with Crippen LogP contribution in [-0.2, 0) is 16.0 Å². The van der Waals surface area contributed by atoms with Gasteiger partial charge in [0, 0.05) is 12.1 Å². The van der Waals surface area contributed by atoms with Crippen LogP contribution in [0.5, 0.6) is 0 Å². The molecule has 3 heteroatoms. The molecule has 0 aliphatic heterocycles. The van der Waals surface area contributed by atoms with Crippen molar-refractivity contribution in [1.82, 2.24) is 5.32 Å². The molecule has 0 amide bonds. The van der Waals surface area contributed by atoms with Crippen molar-refractivity contribution in [2.75, 3.05) is 7.11 Å². The van der Waals surface area contributed by atoms with Gasteiger partial charge in [0.15, 0.2) is 0 Å². The molecule has 0 spiro atoms. The van der Waals surface area contributed by atoms with Crippen LogP contribution in [0.15, 0.2) is 30.3 Å². The van der Waals surface area contributed by atoms with E-state index in [4.69, 9.17) is 4.74 Å². The highest BCUT2D eigenvalue weighted by atomic mass is 16.5. The first-order valence-electron chi connectivity index (χ1n) is 7.64. The van der Waals surface area contributed by atoms with E-state index >= 15 is 0 Å². The number of rotatable bonds is 6. The maximum absolute atomic E-state index is 11.6. The Hall–Kier alpha value is -1.35. The molecule has 1 N–H and O–H groups in total. The summed E-state index contributed by atoms with van der Waals surface area (Å²) in [6, 6.07) is 11.1. The van der Waals surface area contributed by atoms with Crippen molar-refractivity contribution in [1.29, 1.82) is 0 Å². The Labute approximate surface area is 121 Å². The molecular weight excluding hydrogens is 250 g/mol. The number of methoxy groups -OCH3 is 1. The number of esters is 1. The Balaban J connectivity index is 1.94. The summed E-state index contributed by atoms with van der Waals surface area (Å²) in [4.78, 5) is 11.6. The molecule has 1 atom stereocenters. The first-order valence-corrected chi connectivity index (χ1v) is 7.64. The molecular formula is C17H25NO2. The van der Waals surface area contributed by atoms with Gasteiger partial charge in [0.25, 0.3) is 0 Å². The fourth-order valence-electron chi connectivity index (χ4n) is 2.98. The molecule has 1 aliphatic rings. The van der Waals surface area contributed by atoms with E-state index in [0.717, 1.165) is 6.42 Å². The predicted molar refractivity (Wildman–Crippen MR) is 80.6 cm³/mol. The van der Waals surface area contributed by atoms with Gasteiger partial charge in [-0.2, -0.15) is 0 Å². The molecule has 0 saturated heterocycles. The zero-order chi connectivity index (χ0) is 14.2. The van der Waals surface area contributed by atoms with E-state index in [9.17, 15) is 4.79 Å². The van der Waals surface area contributed by atoms with Crippen molar-refractivity contribution in [2.24, 2.45) is 0 Å². The molecule has 1 aromatic carbocycles. The Morgan fingerprint density at radius 1 is 1.25 bits per heavy atom. The van der Waals surface area contributed by atoms with Crippen LogP contribution >= 0.6 is 0 Å². The fraction of sp³-hybridized carbons (Fsp3) is 0.588. The minimum Gasteiger partial charge on any atom is -0.469 e. The van der Waals surface area contributed by atoms with Gasteiger partial charge in [-0.25, -0.2) is 0 Å². The average Bonchev–Trinajstić information content (AvgIpc) is 2.49. The van der Waals surface area contributed by atoms with Gasteiger partial charge in [-0.15, -0.1) is 0 Å². The van der Waals surface area contributed by atoms with E-state index in [-0.39, 0.29) is 12.0 Å². The Morgan fingerprint density at radius 3 is 2.60 bits per heavy atom. The third-order valence-corrected chi connectivity index (χ3v) is 4.04. The molecule has 0 radical (unpaired) electrons. The van der Waals surface area contributed by atoms with Gasteiger partial charge in [-0.3, -0.25) is 4.79 Å². The largest absolute Gasteiger partial charge is 0.469 e. The standard InChI is InChI=1S/C17H25NO2/c1-20-17(19)13-16(12-14-8-4-2-5-9-14)18-15-10-6-3-7-11-15/h2,4-5,8-9,15-16,18H,3,6-7,10-13H2,1H3. The quantitative estimate of drug-likeness (QED) is 0.811. The Bertz CT molecular complexity index is 399. The molecule has 0 heterocycles. The van der Waals surface area contributed by atoms with Gasteiger partial charge in [0.05, 0.1) is 13.5 Å². The number of benzene rings is 1. The molecule has 1 saturated carbocycles. The molecule has 110 valence electrons. The number of carbonyl (C=O) groups is 1. The van der Waals surface area contributed by atoms with Crippen molar-refractivity contribution in [3.8, 4) is 0 Å². The third kappa shape index (κ3) is 4.97. The van der Waals surface area contributed by atoms with Crippen molar-refractivity contribution < 1.29 is 9.53 Å². The van der Waals surface area contributed by atoms with Gasteiger partial charge >= 0.3 is 5.97 Å². The summed E-state index contributed by atoms with van der Waals surface area (Å²) in [5.41, 5.74) is 1.27. The van der Waals surface area contributed by atoms with Crippen LogP contribution in [0, 0.1) is 0 Å². The highest BCUT2D eigenvalue weighted by Gasteiger charge is 2.20. The highest BCUT2D eigenvalue weighted by Crippen LogP contribution is 2.19. The zero-order valence-corrected chi connectivity index (χ0v) is 12.3. The maximum atomic E-state index is 11.6. The van der Waals surface area contributed by atoms with Gasteiger partial charge in [-0.1, -0.05) is 49.6 Å². The molecule has 1 unspecified atom stereocenters. The molecule has 2 rings (SSSR count). The summed E-state index contributed by atoms with van der Waals surface area (Å²) in [7, 11) is 1.46. The van der Waals surface area contributed by atoms with Crippen LogP contribution in [0.2, 0.25) is 0 Å².